The Bertz CT molecular complexity index is 1110. The van der Waals surface area contributed by atoms with Crippen LogP contribution >= 0.6 is 11.3 Å². The van der Waals surface area contributed by atoms with Crippen LogP contribution in [0, 0.1) is 11.6 Å². The average Bonchev–Trinajstić information content (AvgIpc) is 3.26. The van der Waals surface area contributed by atoms with E-state index in [-0.39, 0.29) is 9.96 Å². The lowest BCUT2D eigenvalue weighted by Crippen LogP contribution is -2.31. The predicted octanol–water partition coefficient (Wildman–Crippen LogP) is 4.26. The van der Waals surface area contributed by atoms with Crippen LogP contribution in [0.1, 0.15) is 6.92 Å². The number of hydrogen-bond donors (Lipinski definition) is 1. The first-order valence-corrected chi connectivity index (χ1v) is 11.1. The molecule has 1 unspecified atom stereocenters. The molecule has 0 aliphatic heterocycles. The van der Waals surface area contributed by atoms with Crippen molar-refractivity contribution < 1.29 is 26.7 Å². The van der Waals surface area contributed by atoms with E-state index < -0.39 is 39.4 Å². The van der Waals surface area contributed by atoms with Crippen LogP contribution < -0.4 is 14.4 Å². The Hall–Kier alpha value is -2.98. The second-order valence-corrected chi connectivity index (χ2v) is 9.39. The molecule has 0 fully saturated rings. The number of halogens is 2. The second kappa shape index (κ2) is 8.80. The maximum Gasteiger partial charge on any atom is 0.273 e. The van der Waals surface area contributed by atoms with Crippen LogP contribution in [-0.2, 0) is 14.8 Å². The lowest BCUT2D eigenvalue weighted by molar-refractivity contribution is -0.122. The quantitative estimate of drug-likeness (QED) is 0.581. The fraction of sp³-hybridized carbons (Fsp3) is 0.150. The Morgan fingerprint density at radius 1 is 1.07 bits per heavy atom. The number of nitrogens with one attached hydrogen (secondary N) is 1. The number of para-hydroxylation sites is 1. The number of amides is 1. The lowest BCUT2D eigenvalue weighted by atomic mass is 10.2. The van der Waals surface area contributed by atoms with E-state index in [2.05, 4.69) is 5.32 Å². The van der Waals surface area contributed by atoms with E-state index in [9.17, 15) is 22.0 Å². The molecule has 1 aromatic heterocycles. The minimum absolute atomic E-state index is 0.219. The zero-order chi connectivity index (χ0) is 21.9. The number of rotatable bonds is 7. The summed E-state index contributed by atoms with van der Waals surface area (Å²) in [6.07, 6.45) is -1.05. The summed E-state index contributed by atoms with van der Waals surface area (Å²) in [5.41, 5.74) is -0.144. The van der Waals surface area contributed by atoms with Gasteiger partial charge in [-0.1, -0.05) is 12.1 Å². The monoisotopic (exact) mass is 452 g/mol. The molecule has 1 amide bonds. The molecule has 0 radical (unpaired) electrons. The topological polar surface area (TPSA) is 75.7 Å². The minimum atomic E-state index is -3.66. The zero-order valence-corrected chi connectivity index (χ0v) is 17.6. The Morgan fingerprint density at radius 3 is 2.27 bits per heavy atom. The van der Waals surface area contributed by atoms with Crippen LogP contribution in [0.3, 0.4) is 0 Å². The number of carbonyl (C=O) groups excluding carboxylic acids is 1. The van der Waals surface area contributed by atoms with Crippen molar-refractivity contribution in [3.05, 3.63) is 71.6 Å². The molecule has 30 heavy (non-hydrogen) atoms. The van der Waals surface area contributed by atoms with Crippen LogP contribution in [0.4, 0.5) is 20.2 Å². The van der Waals surface area contributed by atoms with Gasteiger partial charge in [-0.2, -0.15) is 0 Å². The molecule has 3 aromatic rings. The highest BCUT2D eigenvalue weighted by Crippen LogP contribution is 2.27. The Kier molecular flexibility index (Phi) is 6.37. The molecule has 0 aliphatic rings. The first kappa shape index (κ1) is 21.7. The number of ether oxygens (including phenoxy) is 1. The van der Waals surface area contributed by atoms with Crippen LogP contribution in [-0.4, -0.2) is 27.5 Å². The predicted molar refractivity (Wildman–Crippen MR) is 111 cm³/mol. The van der Waals surface area contributed by atoms with E-state index in [4.69, 9.17) is 4.74 Å². The van der Waals surface area contributed by atoms with Crippen LogP contribution in [0.15, 0.2) is 64.2 Å². The maximum atomic E-state index is 13.7. The molecular weight excluding hydrogens is 434 g/mol. The summed E-state index contributed by atoms with van der Waals surface area (Å²) in [7, 11) is -2.23. The molecule has 0 spiro atoms. The fourth-order valence-corrected chi connectivity index (χ4v) is 4.87. The van der Waals surface area contributed by atoms with Gasteiger partial charge in [-0.15, -0.1) is 11.3 Å². The molecule has 10 heteroatoms. The zero-order valence-electron chi connectivity index (χ0n) is 16.0. The fourth-order valence-electron chi connectivity index (χ4n) is 2.52. The van der Waals surface area contributed by atoms with Gasteiger partial charge >= 0.3 is 0 Å². The summed E-state index contributed by atoms with van der Waals surface area (Å²) >= 11 is 1.12. The van der Waals surface area contributed by atoms with Crippen molar-refractivity contribution in [2.24, 2.45) is 0 Å². The smallest absolute Gasteiger partial charge is 0.273 e. The largest absolute Gasteiger partial charge is 0.481 e. The summed E-state index contributed by atoms with van der Waals surface area (Å²) in [4.78, 5) is 12.2. The highest BCUT2D eigenvalue weighted by Gasteiger charge is 2.23. The van der Waals surface area contributed by atoms with Crippen molar-refractivity contribution in [1.82, 2.24) is 0 Å². The van der Waals surface area contributed by atoms with E-state index in [0.29, 0.717) is 5.69 Å². The summed E-state index contributed by atoms with van der Waals surface area (Å²) in [5.74, 6) is -2.23. The van der Waals surface area contributed by atoms with Crippen molar-refractivity contribution >= 4 is 38.6 Å². The number of benzene rings is 2. The summed E-state index contributed by atoms with van der Waals surface area (Å²) in [6, 6.07) is 12.5. The van der Waals surface area contributed by atoms with Gasteiger partial charge in [0.1, 0.15) is 27.3 Å². The van der Waals surface area contributed by atoms with Crippen molar-refractivity contribution in [1.29, 1.82) is 0 Å². The standard InChI is InChI=1S/C20H18F2N2O4S2/c1-13(20(25)23-19-16(21)5-3-6-17(19)22)28-15-10-8-14(9-11-15)24(2)30(26,27)18-7-4-12-29-18/h3-13H,1-2H3,(H,23,25). The third-order valence-corrected chi connectivity index (χ3v) is 7.36. The van der Waals surface area contributed by atoms with Gasteiger partial charge in [0.25, 0.3) is 15.9 Å². The van der Waals surface area contributed by atoms with E-state index in [1.54, 1.807) is 11.4 Å². The van der Waals surface area contributed by atoms with Gasteiger partial charge in [0, 0.05) is 7.05 Å². The molecule has 1 N–H and O–H groups in total. The molecule has 0 bridgehead atoms. The average molecular weight is 453 g/mol. The molecule has 0 aliphatic carbocycles. The number of carbonyl (C=O) groups is 1. The maximum absolute atomic E-state index is 13.7. The molecule has 1 atom stereocenters. The van der Waals surface area contributed by atoms with Crippen LogP contribution in [0.5, 0.6) is 5.75 Å². The normalized spacial score (nSPS) is 12.3. The summed E-state index contributed by atoms with van der Waals surface area (Å²) < 4.78 is 59.3. The lowest BCUT2D eigenvalue weighted by Gasteiger charge is -2.19. The van der Waals surface area contributed by atoms with Gasteiger partial charge in [-0.25, -0.2) is 17.2 Å². The Morgan fingerprint density at radius 2 is 1.70 bits per heavy atom. The van der Waals surface area contributed by atoms with Crippen LogP contribution in [0.2, 0.25) is 0 Å². The highest BCUT2D eigenvalue weighted by molar-refractivity contribution is 7.94. The molecule has 6 nitrogen and oxygen atoms in total. The third-order valence-electron chi connectivity index (χ3n) is 4.20. The summed E-state index contributed by atoms with van der Waals surface area (Å²) in [5, 5.41) is 3.84. The third kappa shape index (κ3) is 4.60. The second-order valence-electron chi connectivity index (χ2n) is 6.24. The molecule has 0 saturated heterocycles. The Balaban J connectivity index is 1.67. The number of nitrogens with zero attached hydrogens (tertiary/aromatic N) is 1. The molecular formula is C20H18F2N2O4S2. The highest BCUT2D eigenvalue weighted by atomic mass is 32.2. The van der Waals surface area contributed by atoms with Gasteiger partial charge < -0.3 is 10.1 Å². The van der Waals surface area contributed by atoms with E-state index in [1.807, 2.05) is 0 Å². The van der Waals surface area contributed by atoms with Gasteiger partial charge in [-0.05, 0) is 54.8 Å². The van der Waals surface area contributed by atoms with Gasteiger partial charge in [0.2, 0.25) is 0 Å². The van der Waals surface area contributed by atoms with E-state index >= 15 is 0 Å². The Labute approximate surface area is 176 Å². The van der Waals surface area contributed by atoms with Crippen molar-refractivity contribution in [3.63, 3.8) is 0 Å². The van der Waals surface area contributed by atoms with Crippen molar-refractivity contribution in [2.45, 2.75) is 17.2 Å². The minimum Gasteiger partial charge on any atom is -0.481 e. The SMILES string of the molecule is CC(Oc1ccc(N(C)S(=O)(=O)c2cccs2)cc1)C(=O)Nc1c(F)cccc1F. The first-order valence-electron chi connectivity index (χ1n) is 8.74. The van der Waals surface area contributed by atoms with E-state index in [0.717, 1.165) is 27.8 Å². The van der Waals surface area contributed by atoms with Gasteiger partial charge in [0.15, 0.2) is 6.10 Å². The van der Waals surface area contributed by atoms with Crippen molar-refractivity contribution in [2.75, 3.05) is 16.7 Å². The first-order chi connectivity index (χ1) is 14.2. The number of hydrogen-bond acceptors (Lipinski definition) is 5. The molecule has 2 aromatic carbocycles. The molecule has 0 saturated carbocycles. The molecule has 158 valence electrons. The van der Waals surface area contributed by atoms with Gasteiger partial charge in [-0.3, -0.25) is 9.10 Å². The van der Waals surface area contributed by atoms with Gasteiger partial charge in [0.05, 0.1) is 5.69 Å². The summed E-state index contributed by atoms with van der Waals surface area (Å²) in [6.45, 7) is 1.43. The molecule has 3 rings (SSSR count). The number of anilines is 2. The van der Waals surface area contributed by atoms with E-state index in [1.165, 1.54) is 50.4 Å². The van der Waals surface area contributed by atoms with Crippen LogP contribution in [0.25, 0.3) is 0 Å². The molecule has 1 heterocycles. The number of sulfonamides is 1. The number of thiophene rings is 1. The van der Waals surface area contributed by atoms with Crippen molar-refractivity contribution in [3.8, 4) is 5.75 Å².